The summed E-state index contributed by atoms with van der Waals surface area (Å²) < 4.78 is 2.69. The van der Waals surface area contributed by atoms with E-state index in [2.05, 4.69) is 36.6 Å². The van der Waals surface area contributed by atoms with Crippen molar-refractivity contribution in [2.45, 2.75) is 31.6 Å². The average molecular weight is 392 g/mol. The van der Waals surface area contributed by atoms with Crippen LogP contribution in [0.5, 0.6) is 0 Å². The maximum absolute atomic E-state index is 12.2. The van der Waals surface area contributed by atoms with Crippen LogP contribution in [0.1, 0.15) is 36.6 Å². The number of aryl methyl sites for hydroxylation is 2. The highest BCUT2D eigenvalue weighted by atomic mass is 79.9. The van der Waals surface area contributed by atoms with Crippen molar-refractivity contribution >= 4 is 27.8 Å². The first-order valence-electron chi connectivity index (χ1n) is 8.28. The van der Waals surface area contributed by atoms with Crippen LogP contribution in [-0.2, 0) is 18.3 Å². The normalized spacial score (nSPS) is 15.4. The minimum absolute atomic E-state index is 0.0434. The number of amides is 1. The van der Waals surface area contributed by atoms with E-state index in [4.69, 9.17) is 0 Å². The third-order valence-electron chi connectivity index (χ3n) is 4.31. The van der Waals surface area contributed by atoms with Gasteiger partial charge in [-0.15, -0.1) is 0 Å². The van der Waals surface area contributed by atoms with E-state index in [1.165, 1.54) is 0 Å². The Hall–Kier alpha value is -1.73. The molecule has 3 rings (SSSR count). The number of anilines is 1. The highest BCUT2D eigenvalue weighted by Gasteiger charge is 2.21. The molecular formula is C17H22BrN5O. The summed E-state index contributed by atoms with van der Waals surface area (Å²) in [6.07, 6.45) is 3.18. The standard InChI is InChI=1S/C17H22BrN5O/c1-23-17(21-16(22-23)13-8-10-19-11-9-13)20-15(24)7-6-12-4-2-3-5-14(12)18/h2-5,13,19H,6-11H2,1H3,(H,20,21,22,24). The summed E-state index contributed by atoms with van der Waals surface area (Å²) in [5.41, 5.74) is 1.13. The molecule has 1 aliphatic heterocycles. The van der Waals surface area contributed by atoms with E-state index < -0.39 is 0 Å². The fourth-order valence-corrected chi connectivity index (χ4v) is 3.39. The van der Waals surface area contributed by atoms with Gasteiger partial charge in [0.25, 0.3) is 0 Å². The number of benzene rings is 1. The van der Waals surface area contributed by atoms with Crippen molar-refractivity contribution < 1.29 is 4.79 Å². The average Bonchev–Trinajstić information content (AvgIpc) is 2.96. The number of hydrogen-bond acceptors (Lipinski definition) is 4. The highest BCUT2D eigenvalue weighted by Crippen LogP contribution is 2.23. The summed E-state index contributed by atoms with van der Waals surface area (Å²) in [6.45, 7) is 1.99. The minimum atomic E-state index is -0.0434. The van der Waals surface area contributed by atoms with Gasteiger partial charge in [-0.3, -0.25) is 10.1 Å². The van der Waals surface area contributed by atoms with E-state index in [-0.39, 0.29) is 5.91 Å². The molecule has 0 unspecified atom stereocenters. The van der Waals surface area contributed by atoms with Crippen molar-refractivity contribution in [3.63, 3.8) is 0 Å². The number of carbonyl (C=O) groups is 1. The Bertz CT molecular complexity index is 709. The summed E-state index contributed by atoms with van der Waals surface area (Å²) in [7, 11) is 1.82. The quantitative estimate of drug-likeness (QED) is 0.821. The Balaban J connectivity index is 1.58. The van der Waals surface area contributed by atoms with Gasteiger partial charge in [0.05, 0.1) is 0 Å². The Morgan fingerprint density at radius 3 is 2.88 bits per heavy atom. The molecule has 0 radical (unpaired) electrons. The second kappa shape index (κ2) is 7.90. The molecule has 2 N–H and O–H groups in total. The number of nitrogens with zero attached hydrogens (tertiary/aromatic N) is 3. The molecule has 1 saturated heterocycles. The van der Waals surface area contributed by atoms with Crippen molar-refractivity contribution in [3.8, 4) is 0 Å². The fraction of sp³-hybridized carbons (Fsp3) is 0.471. The number of carbonyl (C=O) groups excluding carboxylic acids is 1. The number of piperidine rings is 1. The predicted octanol–water partition coefficient (Wildman–Crippen LogP) is 2.62. The molecule has 2 heterocycles. The first-order valence-corrected chi connectivity index (χ1v) is 9.07. The molecule has 0 atom stereocenters. The largest absolute Gasteiger partial charge is 0.317 e. The lowest BCUT2D eigenvalue weighted by molar-refractivity contribution is -0.116. The van der Waals surface area contributed by atoms with E-state index >= 15 is 0 Å². The van der Waals surface area contributed by atoms with Crippen LogP contribution in [-0.4, -0.2) is 33.8 Å². The lowest BCUT2D eigenvalue weighted by Gasteiger charge is -2.19. The molecule has 1 aromatic carbocycles. The van der Waals surface area contributed by atoms with Crippen molar-refractivity contribution in [3.05, 3.63) is 40.1 Å². The molecule has 0 aliphatic carbocycles. The number of aromatic nitrogens is 3. The third kappa shape index (κ3) is 4.21. The Morgan fingerprint density at radius 1 is 1.38 bits per heavy atom. The monoisotopic (exact) mass is 391 g/mol. The molecule has 0 spiro atoms. The molecule has 0 saturated carbocycles. The number of nitrogens with one attached hydrogen (secondary N) is 2. The highest BCUT2D eigenvalue weighted by molar-refractivity contribution is 9.10. The van der Waals surface area contributed by atoms with Crippen LogP contribution in [0.4, 0.5) is 5.95 Å². The van der Waals surface area contributed by atoms with E-state index in [0.717, 1.165) is 41.8 Å². The zero-order valence-electron chi connectivity index (χ0n) is 13.8. The maximum Gasteiger partial charge on any atom is 0.227 e. The van der Waals surface area contributed by atoms with Gasteiger partial charge in [0.2, 0.25) is 11.9 Å². The van der Waals surface area contributed by atoms with E-state index in [0.29, 0.717) is 24.7 Å². The summed E-state index contributed by atoms with van der Waals surface area (Å²) in [5, 5.41) is 10.7. The first-order chi connectivity index (χ1) is 11.6. The first kappa shape index (κ1) is 17.1. The molecule has 128 valence electrons. The van der Waals surface area contributed by atoms with Gasteiger partial charge in [-0.2, -0.15) is 10.1 Å². The van der Waals surface area contributed by atoms with Crippen LogP contribution in [0.15, 0.2) is 28.7 Å². The SMILES string of the molecule is Cn1nc(C2CCNCC2)nc1NC(=O)CCc1ccccc1Br. The third-order valence-corrected chi connectivity index (χ3v) is 5.09. The van der Waals surface area contributed by atoms with Crippen LogP contribution in [0.3, 0.4) is 0 Å². The van der Waals surface area contributed by atoms with Crippen LogP contribution < -0.4 is 10.6 Å². The molecule has 1 fully saturated rings. The fourth-order valence-electron chi connectivity index (χ4n) is 2.90. The van der Waals surface area contributed by atoms with Gasteiger partial charge in [0.1, 0.15) is 0 Å². The molecule has 1 amide bonds. The van der Waals surface area contributed by atoms with Crippen molar-refractivity contribution in [1.29, 1.82) is 0 Å². The number of hydrogen-bond donors (Lipinski definition) is 2. The van der Waals surface area contributed by atoms with E-state index in [9.17, 15) is 4.79 Å². The number of rotatable bonds is 5. The summed E-state index contributed by atoms with van der Waals surface area (Å²) in [6, 6.07) is 7.96. The van der Waals surface area contributed by atoms with Crippen LogP contribution >= 0.6 is 15.9 Å². The minimum Gasteiger partial charge on any atom is -0.317 e. The van der Waals surface area contributed by atoms with Gasteiger partial charge < -0.3 is 5.32 Å². The van der Waals surface area contributed by atoms with Crippen LogP contribution in [0.2, 0.25) is 0 Å². The van der Waals surface area contributed by atoms with Gasteiger partial charge >= 0.3 is 0 Å². The van der Waals surface area contributed by atoms with Gasteiger partial charge in [-0.25, -0.2) is 4.68 Å². The molecular weight excluding hydrogens is 370 g/mol. The molecule has 7 heteroatoms. The molecule has 2 aromatic rings. The second-order valence-electron chi connectivity index (χ2n) is 6.08. The second-order valence-corrected chi connectivity index (χ2v) is 6.94. The molecule has 1 aromatic heterocycles. The van der Waals surface area contributed by atoms with Gasteiger partial charge in [0.15, 0.2) is 5.82 Å². The van der Waals surface area contributed by atoms with Crippen LogP contribution in [0.25, 0.3) is 0 Å². The molecule has 1 aliphatic rings. The predicted molar refractivity (Wildman–Crippen MR) is 96.9 cm³/mol. The zero-order chi connectivity index (χ0) is 16.9. The molecule has 0 bridgehead atoms. The van der Waals surface area contributed by atoms with Crippen molar-refractivity contribution in [2.24, 2.45) is 7.05 Å². The lowest BCUT2D eigenvalue weighted by atomic mass is 9.98. The van der Waals surface area contributed by atoms with E-state index in [1.807, 2.05) is 31.3 Å². The zero-order valence-corrected chi connectivity index (χ0v) is 15.3. The Kier molecular flexibility index (Phi) is 5.63. The maximum atomic E-state index is 12.2. The van der Waals surface area contributed by atoms with Gasteiger partial charge in [-0.05, 0) is 44.0 Å². The van der Waals surface area contributed by atoms with Crippen molar-refractivity contribution in [2.75, 3.05) is 18.4 Å². The summed E-state index contributed by atoms with van der Waals surface area (Å²) in [5.74, 6) is 1.70. The van der Waals surface area contributed by atoms with Gasteiger partial charge in [-0.1, -0.05) is 34.1 Å². The van der Waals surface area contributed by atoms with Crippen molar-refractivity contribution in [1.82, 2.24) is 20.1 Å². The Labute approximate surface area is 150 Å². The smallest absolute Gasteiger partial charge is 0.227 e. The molecule has 24 heavy (non-hydrogen) atoms. The lowest BCUT2D eigenvalue weighted by Crippen LogP contribution is -2.27. The van der Waals surface area contributed by atoms with Crippen LogP contribution in [0, 0.1) is 0 Å². The van der Waals surface area contributed by atoms with E-state index in [1.54, 1.807) is 4.68 Å². The Morgan fingerprint density at radius 2 is 2.12 bits per heavy atom. The summed E-state index contributed by atoms with van der Waals surface area (Å²) >= 11 is 3.51. The molecule has 6 nitrogen and oxygen atoms in total. The van der Waals surface area contributed by atoms with Gasteiger partial charge in [0, 0.05) is 23.9 Å². The topological polar surface area (TPSA) is 71.8 Å². The number of halogens is 1. The summed E-state index contributed by atoms with van der Waals surface area (Å²) in [4.78, 5) is 16.7.